The highest BCUT2D eigenvalue weighted by Gasteiger charge is 2.23. The van der Waals surface area contributed by atoms with Crippen molar-refractivity contribution in [3.05, 3.63) is 35.1 Å². The van der Waals surface area contributed by atoms with E-state index in [0.29, 0.717) is 17.7 Å². The van der Waals surface area contributed by atoms with Gasteiger partial charge in [0.05, 0.1) is 17.7 Å². The summed E-state index contributed by atoms with van der Waals surface area (Å²) >= 11 is 0. The lowest BCUT2D eigenvalue weighted by molar-refractivity contribution is 0.0314. The minimum Gasteiger partial charge on any atom is -0.389 e. The van der Waals surface area contributed by atoms with Crippen LogP contribution in [0.25, 0.3) is 0 Å². The summed E-state index contributed by atoms with van der Waals surface area (Å²) in [5.74, 6) is 4.58. The Bertz CT molecular complexity index is 568. The van der Waals surface area contributed by atoms with Gasteiger partial charge in [-0.15, -0.1) is 0 Å². The van der Waals surface area contributed by atoms with Gasteiger partial charge in [-0.2, -0.15) is 0 Å². The summed E-state index contributed by atoms with van der Waals surface area (Å²) < 4.78 is 13.3. The average Bonchev–Trinajstić information content (AvgIpc) is 2.41. The van der Waals surface area contributed by atoms with Gasteiger partial charge in [0, 0.05) is 18.7 Å². The van der Waals surface area contributed by atoms with Crippen molar-refractivity contribution in [3.8, 4) is 11.8 Å². The first-order chi connectivity index (χ1) is 9.78. The molecule has 0 bridgehead atoms. The molecule has 0 fully saturated rings. The van der Waals surface area contributed by atoms with Crippen LogP contribution in [-0.4, -0.2) is 41.1 Å². The number of amides is 1. The zero-order chi connectivity index (χ0) is 16.0. The molecule has 1 aromatic carbocycles. The molecular weight excluding hydrogens is 271 g/mol. The van der Waals surface area contributed by atoms with Crippen LogP contribution >= 0.6 is 0 Å². The highest BCUT2D eigenvalue weighted by atomic mass is 19.1. The Kier molecular flexibility index (Phi) is 5.89. The van der Waals surface area contributed by atoms with E-state index in [1.165, 1.54) is 23.1 Å². The maximum atomic E-state index is 13.3. The Labute approximate surface area is 124 Å². The van der Waals surface area contributed by atoms with Gasteiger partial charge in [-0.3, -0.25) is 4.79 Å². The van der Waals surface area contributed by atoms with Gasteiger partial charge in [0.15, 0.2) is 0 Å². The van der Waals surface area contributed by atoms with Gasteiger partial charge in [0.1, 0.15) is 5.82 Å². The lowest BCUT2D eigenvalue weighted by atomic mass is 10.0. The third-order valence-corrected chi connectivity index (χ3v) is 2.78. The first-order valence-corrected chi connectivity index (χ1v) is 6.78. The van der Waals surface area contributed by atoms with E-state index in [1.54, 1.807) is 13.8 Å². The molecule has 0 aliphatic heterocycles. The monoisotopic (exact) mass is 292 g/mol. The molecule has 0 saturated heterocycles. The van der Waals surface area contributed by atoms with Gasteiger partial charge in [0.25, 0.3) is 5.91 Å². The van der Waals surface area contributed by atoms with Crippen molar-refractivity contribution >= 4 is 5.91 Å². The lowest BCUT2D eigenvalue weighted by Crippen LogP contribution is -2.42. The number of hydrogen-bond donors (Lipinski definition) is 2. The normalized spacial score (nSPS) is 10.8. The van der Waals surface area contributed by atoms with Crippen molar-refractivity contribution in [2.75, 3.05) is 19.6 Å². The lowest BCUT2D eigenvalue weighted by Gasteiger charge is -2.28. The van der Waals surface area contributed by atoms with Gasteiger partial charge in [-0.25, -0.2) is 4.39 Å². The summed E-state index contributed by atoms with van der Waals surface area (Å²) in [4.78, 5) is 14.0. The van der Waals surface area contributed by atoms with Crippen molar-refractivity contribution in [2.45, 2.75) is 26.4 Å². The third-order valence-electron chi connectivity index (χ3n) is 2.78. The molecule has 3 N–H and O–H groups in total. The Morgan fingerprint density at radius 2 is 2.14 bits per heavy atom. The van der Waals surface area contributed by atoms with E-state index in [4.69, 9.17) is 5.73 Å². The molecule has 1 aromatic rings. The van der Waals surface area contributed by atoms with Crippen LogP contribution in [0, 0.1) is 17.7 Å². The smallest absolute Gasteiger partial charge is 0.255 e. The van der Waals surface area contributed by atoms with Crippen LogP contribution in [0.15, 0.2) is 18.2 Å². The fourth-order valence-corrected chi connectivity index (χ4v) is 1.92. The minimum atomic E-state index is -1.01. The highest BCUT2D eigenvalue weighted by Crippen LogP contribution is 2.15. The van der Waals surface area contributed by atoms with Crippen LogP contribution < -0.4 is 5.73 Å². The van der Waals surface area contributed by atoms with Crippen molar-refractivity contribution in [2.24, 2.45) is 5.73 Å². The van der Waals surface area contributed by atoms with E-state index in [2.05, 4.69) is 11.8 Å². The number of benzene rings is 1. The third kappa shape index (κ3) is 5.18. The van der Waals surface area contributed by atoms with Crippen molar-refractivity contribution in [1.82, 2.24) is 4.90 Å². The van der Waals surface area contributed by atoms with Crippen molar-refractivity contribution < 1.29 is 14.3 Å². The molecule has 0 heterocycles. The number of carbonyl (C=O) groups is 1. The number of halogens is 1. The largest absolute Gasteiger partial charge is 0.389 e. The van der Waals surface area contributed by atoms with Crippen LogP contribution in [-0.2, 0) is 0 Å². The van der Waals surface area contributed by atoms with Gasteiger partial charge in [-0.05, 0) is 39.0 Å². The summed E-state index contributed by atoms with van der Waals surface area (Å²) in [5.41, 5.74) is 4.92. The molecule has 0 aromatic heterocycles. The van der Waals surface area contributed by atoms with Gasteiger partial charge < -0.3 is 15.7 Å². The predicted molar refractivity (Wildman–Crippen MR) is 80.2 cm³/mol. The van der Waals surface area contributed by atoms with Crippen LogP contribution in [0.4, 0.5) is 4.39 Å². The van der Waals surface area contributed by atoms with E-state index in [9.17, 15) is 14.3 Å². The summed E-state index contributed by atoms with van der Waals surface area (Å²) in [6, 6.07) is 3.85. The Balaban J connectivity index is 3.16. The highest BCUT2D eigenvalue weighted by molar-refractivity contribution is 5.96. The first-order valence-electron chi connectivity index (χ1n) is 6.78. The van der Waals surface area contributed by atoms with Crippen LogP contribution in [0.5, 0.6) is 0 Å². The zero-order valence-corrected chi connectivity index (χ0v) is 12.6. The topological polar surface area (TPSA) is 66.6 Å². The molecule has 5 heteroatoms. The average molecular weight is 292 g/mol. The molecule has 114 valence electrons. The maximum Gasteiger partial charge on any atom is 0.255 e. The Morgan fingerprint density at radius 3 is 2.67 bits per heavy atom. The molecule has 0 radical (unpaired) electrons. The fourth-order valence-electron chi connectivity index (χ4n) is 1.92. The van der Waals surface area contributed by atoms with Crippen LogP contribution in [0.1, 0.15) is 36.7 Å². The van der Waals surface area contributed by atoms with Crippen molar-refractivity contribution in [1.29, 1.82) is 0 Å². The molecule has 4 nitrogen and oxygen atoms in total. The number of rotatable bonds is 4. The second-order valence-corrected chi connectivity index (χ2v) is 5.33. The molecule has 0 saturated carbocycles. The predicted octanol–water partition coefficient (Wildman–Crippen LogP) is 1.37. The summed E-state index contributed by atoms with van der Waals surface area (Å²) in [6.07, 6.45) is 0. The molecule has 1 amide bonds. The summed E-state index contributed by atoms with van der Waals surface area (Å²) in [7, 11) is 0. The second kappa shape index (κ2) is 7.21. The van der Waals surface area contributed by atoms with E-state index < -0.39 is 11.4 Å². The van der Waals surface area contributed by atoms with Gasteiger partial charge in [-0.1, -0.05) is 11.8 Å². The SMILES string of the molecule is CCN(CC(C)(C)O)C(=O)c1ccc(F)cc1C#CCN. The number of aliphatic hydroxyl groups is 1. The van der Waals surface area contributed by atoms with Gasteiger partial charge >= 0.3 is 0 Å². The van der Waals surface area contributed by atoms with E-state index in [0.717, 1.165) is 0 Å². The van der Waals surface area contributed by atoms with Gasteiger partial charge in [0.2, 0.25) is 0 Å². The fraction of sp³-hybridized carbons (Fsp3) is 0.438. The first kappa shape index (κ1) is 17.2. The molecule has 0 aliphatic carbocycles. The zero-order valence-electron chi connectivity index (χ0n) is 12.6. The Hall–Kier alpha value is -1.90. The van der Waals surface area contributed by atoms with E-state index >= 15 is 0 Å². The molecule has 0 unspecified atom stereocenters. The number of carbonyl (C=O) groups excluding carboxylic acids is 1. The molecule has 0 atom stereocenters. The number of nitrogens with two attached hydrogens (primary N) is 1. The molecule has 21 heavy (non-hydrogen) atoms. The molecule has 0 aliphatic rings. The Morgan fingerprint density at radius 1 is 1.48 bits per heavy atom. The van der Waals surface area contributed by atoms with Crippen LogP contribution in [0.2, 0.25) is 0 Å². The summed E-state index contributed by atoms with van der Waals surface area (Å²) in [6.45, 7) is 5.82. The number of likely N-dealkylation sites (N-methyl/N-ethyl adjacent to an activating group) is 1. The van der Waals surface area contributed by atoms with Crippen molar-refractivity contribution in [3.63, 3.8) is 0 Å². The minimum absolute atomic E-state index is 0.130. The maximum absolute atomic E-state index is 13.3. The van der Waals surface area contributed by atoms with E-state index in [1.807, 2.05) is 6.92 Å². The second-order valence-electron chi connectivity index (χ2n) is 5.33. The molecular formula is C16H21FN2O2. The molecule has 0 spiro atoms. The summed E-state index contributed by atoms with van der Waals surface area (Å²) in [5, 5.41) is 9.87. The number of hydrogen-bond acceptors (Lipinski definition) is 3. The quantitative estimate of drug-likeness (QED) is 0.824. The van der Waals surface area contributed by atoms with Crippen LogP contribution in [0.3, 0.4) is 0 Å². The number of nitrogens with zero attached hydrogens (tertiary/aromatic N) is 1. The van der Waals surface area contributed by atoms with E-state index in [-0.39, 0.29) is 19.0 Å². The standard InChI is InChI=1S/C16H21FN2O2/c1-4-19(11-16(2,3)21)15(20)14-8-7-13(17)10-12(14)6-5-9-18/h7-8,10,21H,4,9,11,18H2,1-3H3. The molecule has 1 rings (SSSR count).